The molecule has 42 heavy (non-hydrogen) atoms. The number of aryl methyl sites for hydroxylation is 2. The van der Waals surface area contributed by atoms with Crippen LogP contribution in [-0.2, 0) is 16.2 Å². The Morgan fingerprint density at radius 2 is 1.60 bits per heavy atom. The quantitative estimate of drug-likeness (QED) is 0.0419. The highest BCUT2D eigenvalue weighted by atomic mass is 35.5. The van der Waals surface area contributed by atoms with Gasteiger partial charge in [0.25, 0.3) is 0 Å². The van der Waals surface area contributed by atoms with Crippen LogP contribution in [0.15, 0.2) is 95.0 Å². The Labute approximate surface area is 254 Å². The number of oxime groups is 1. The van der Waals surface area contributed by atoms with E-state index in [1.807, 2.05) is 79.7 Å². The van der Waals surface area contributed by atoms with Crippen molar-refractivity contribution in [2.45, 2.75) is 38.1 Å². The fraction of sp³-hybridized carbons (Fsp3) is 0.206. The minimum atomic E-state index is -0.592. The van der Waals surface area contributed by atoms with E-state index in [-0.39, 0.29) is 12.3 Å². The summed E-state index contributed by atoms with van der Waals surface area (Å²) in [5.74, 6) is 0.261. The Morgan fingerprint density at radius 1 is 0.929 bits per heavy atom. The van der Waals surface area contributed by atoms with Gasteiger partial charge in [0.1, 0.15) is 0 Å². The van der Waals surface area contributed by atoms with Gasteiger partial charge in [-0.3, -0.25) is 4.79 Å². The summed E-state index contributed by atoms with van der Waals surface area (Å²) in [6, 6.07) is 27.5. The molecule has 2 N–H and O–H groups in total. The molecule has 5 aromatic rings. The predicted molar refractivity (Wildman–Crippen MR) is 173 cm³/mol. The third kappa shape index (κ3) is 6.44. The van der Waals surface area contributed by atoms with E-state index in [2.05, 4.69) is 28.8 Å². The lowest BCUT2D eigenvalue weighted by atomic mass is 9.97. The van der Waals surface area contributed by atoms with E-state index < -0.39 is 5.97 Å². The highest BCUT2D eigenvalue weighted by Crippen LogP contribution is 2.32. The first-order chi connectivity index (χ1) is 20.4. The molecule has 1 aromatic heterocycles. The standard InChI is InChI=1S/C34H32ClN3O3S/c1-3-38-31-16-10-23(30(37-41-33(39)21-36)9-6-18-42-26-14-12-25(35)13-15-26)19-28(31)29-20-24(11-17-32(29)38)34(40)27-8-5-4-7-22(27)2/h4-5,7-8,10-17,19-20H,3,6,9,18,21,36H2,1-2H3/b37-30+. The Morgan fingerprint density at radius 3 is 2.26 bits per heavy atom. The molecule has 6 nitrogen and oxygen atoms in total. The summed E-state index contributed by atoms with van der Waals surface area (Å²) in [4.78, 5) is 31.6. The van der Waals surface area contributed by atoms with Crippen molar-refractivity contribution in [1.82, 2.24) is 4.57 Å². The van der Waals surface area contributed by atoms with Gasteiger partial charge in [-0.2, -0.15) is 0 Å². The molecule has 0 atom stereocenters. The molecule has 0 aliphatic heterocycles. The lowest BCUT2D eigenvalue weighted by Gasteiger charge is -2.08. The van der Waals surface area contributed by atoms with Crippen molar-refractivity contribution < 1.29 is 14.4 Å². The number of carbonyl (C=O) groups excluding carboxylic acids is 2. The van der Waals surface area contributed by atoms with Gasteiger partial charge in [0.2, 0.25) is 0 Å². The van der Waals surface area contributed by atoms with Crippen LogP contribution in [-0.4, -0.2) is 34.3 Å². The normalized spacial score (nSPS) is 11.8. The topological polar surface area (TPSA) is 86.7 Å². The minimum Gasteiger partial charge on any atom is -0.341 e. The summed E-state index contributed by atoms with van der Waals surface area (Å²) < 4.78 is 2.24. The average Bonchev–Trinajstić information content (AvgIpc) is 3.33. The van der Waals surface area contributed by atoms with Gasteiger partial charge in [0.15, 0.2) is 5.78 Å². The second-order valence-electron chi connectivity index (χ2n) is 9.96. The summed E-state index contributed by atoms with van der Waals surface area (Å²) in [5, 5.41) is 6.94. The number of nitrogens with zero attached hydrogens (tertiary/aromatic N) is 2. The summed E-state index contributed by atoms with van der Waals surface area (Å²) in [6.45, 7) is 4.59. The first-order valence-electron chi connectivity index (χ1n) is 13.9. The number of halogens is 1. The van der Waals surface area contributed by atoms with Gasteiger partial charge < -0.3 is 15.1 Å². The van der Waals surface area contributed by atoms with Crippen LogP contribution in [0.2, 0.25) is 5.02 Å². The second-order valence-corrected chi connectivity index (χ2v) is 11.6. The number of hydrogen-bond acceptors (Lipinski definition) is 6. The molecule has 214 valence electrons. The van der Waals surface area contributed by atoms with Gasteiger partial charge >= 0.3 is 5.97 Å². The fourth-order valence-corrected chi connectivity index (χ4v) is 6.07. The molecule has 0 saturated heterocycles. The summed E-state index contributed by atoms with van der Waals surface area (Å²) in [7, 11) is 0. The summed E-state index contributed by atoms with van der Waals surface area (Å²) in [5.41, 5.74) is 11.4. The fourth-order valence-electron chi connectivity index (χ4n) is 5.10. The highest BCUT2D eigenvalue weighted by molar-refractivity contribution is 7.99. The number of aromatic nitrogens is 1. The van der Waals surface area contributed by atoms with Crippen LogP contribution < -0.4 is 5.73 Å². The van der Waals surface area contributed by atoms with E-state index in [0.717, 1.165) is 56.5 Å². The molecule has 0 amide bonds. The van der Waals surface area contributed by atoms with E-state index in [1.165, 1.54) is 0 Å². The Kier molecular flexibility index (Phi) is 9.42. The van der Waals surface area contributed by atoms with Crippen LogP contribution in [0, 0.1) is 6.92 Å². The Balaban J connectivity index is 1.49. The number of ketones is 1. The molecule has 4 aromatic carbocycles. The van der Waals surface area contributed by atoms with E-state index in [9.17, 15) is 9.59 Å². The maximum atomic E-state index is 13.4. The summed E-state index contributed by atoms with van der Waals surface area (Å²) in [6.07, 6.45) is 1.42. The highest BCUT2D eigenvalue weighted by Gasteiger charge is 2.17. The zero-order valence-corrected chi connectivity index (χ0v) is 25.2. The largest absolute Gasteiger partial charge is 0.348 e. The molecule has 0 fully saturated rings. The average molecular weight is 598 g/mol. The van der Waals surface area contributed by atoms with Crippen molar-refractivity contribution in [2.75, 3.05) is 12.3 Å². The van der Waals surface area contributed by atoms with Crippen molar-refractivity contribution in [1.29, 1.82) is 0 Å². The Bertz CT molecular complexity index is 1790. The van der Waals surface area contributed by atoms with Crippen molar-refractivity contribution in [2.24, 2.45) is 10.9 Å². The molecule has 0 bridgehead atoms. The van der Waals surface area contributed by atoms with Gasteiger partial charge in [0.05, 0.1) is 12.3 Å². The third-order valence-electron chi connectivity index (χ3n) is 7.23. The van der Waals surface area contributed by atoms with Crippen molar-refractivity contribution in [3.05, 3.63) is 112 Å². The number of rotatable bonds is 11. The number of benzene rings is 4. The van der Waals surface area contributed by atoms with Gasteiger partial charge in [-0.1, -0.05) is 47.1 Å². The molecule has 1 heterocycles. The van der Waals surface area contributed by atoms with Crippen LogP contribution in [0.4, 0.5) is 0 Å². The van der Waals surface area contributed by atoms with Gasteiger partial charge in [-0.05, 0) is 92.6 Å². The molecule has 0 spiro atoms. The number of thioether (sulfide) groups is 1. The second kappa shape index (κ2) is 13.4. The number of nitrogens with two attached hydrogens (primary N) is 1. The van der Waals surface area contributed by atoms with Gasteiger partial charge in [-0.25, -0.2) is 4.79 Å². The maximum absolute atomic E-state index is 13.4. The van der Waals surface area contributed by atoms with E-state index in [1.54, 1.807) is 11.8 Å². The number of fused-ring (bicyclic) bond motifs is 3. The Hall–Kier alpha value is -3.91. The van der Waals surface area contributed by atoms with Crippen molar-refractivity contribution >= 4 is 62.6 Å². The molecule has 0 saturated carbocycles. The molecule has 0 aliphatic carbocycles. The minimum absolute atomic E-state index is 0.00214. The van der Waals surface area contributed by atoms with Crippen LogP contribution in [0.25, 0.3) is 21.8 Å². The third-order valence-corrected chi connectivity index (χ3v) is 8.58. The van der Waals surface area contributed by atoms with Crippen LogP contribution in [0.1, 0.15) is 46.8 Å². The molecule has 8 heteroatoms. The maximum Gasteiger partial charge on any atom is 0.348 e. The summed E-state index contributed by atoms with van der Waals surface area (Å²) >= 11 is 7.74. The van der Waals surface area contributed by atoms with Crippen LogP contribution >= 0.6 is 23.4 Å². The lowest BCUT2D eigenvalue weighted by Crippen LogP contribution is -2.15. The molecule has 5 rings (SSSR count). The molecular formula is C34H32ClN3O3S. The van der Waals surface area contributed by atoms with E-state index in [4.69, 9.17) is 22.2 Å². The molecular weight excluding hydrogens is 566 g/mol. The first kappa shape index (κ1) is 29.6. The smallest absolute Gasteiger partial charge is 0.341 e. The van der Waals surface area contributed by atoms with E-state index in [0.29, 0.717) is 28.3 Å². The lowest BCUT2D eigenvalue weighted by molar-refractivity contribution is -0.141. The molecule has 0 unspecified atom stereocenters. The van der Waals surface area contributed by atoms with Crippen molar-refractivity contribution in [3.63, 3.8) is 0 Å². The van der Waals surface area contributed by atoms with E-state index >= 15 is 0 Å². The van der Waals surface area contributed by atoms with Crippen LogP contribution in [0.5, 0.6) is 0 Å². The van der Waals surface area contributed by atoms with Crippen LogP contribution in [0.3, 0.4) is 0 Å². The monoisotopic (exact) mass is 597 g/mol. The molecule has 0 aliphatic rings. The number of hydrogen-bond donors (Lipinski definition) is 1. The van der Waals surface area contributed by atoms with Gasteiger partial charge in [0, 0.05) is 55.0 Å². The zero-order chi connectivity index (χ0) is 29.6. The predicted octanol–water partition coefficient (Wildman–Crippen LogP) is 7.79. The van der Waals surface area contributed by atoms with Crippen molar-refractivity contribution in [3.8, 4) is 0 Å². The zero-order valence-electron chi connectivity index (χ0n) is 23.6. The molecule has 0 radical (unpaired) electrons. The SMILES string of the molecule is CCn1c2ccc(C(=O)c3ccccc3C)cc2c2cc(/C(CCCSc3ccc(Cl)cc3)=N/OC(=O)CN)ccc21. The number of carbonyl (C=O) groups is 2. The first-order valence-corrected chi connectivity index (χ1v) is 15.3. The van der Waals surface area contributed by atoms with Gasteiger partial charge in [-0.15, -0.1) is 11.8 Å².